The van der Waals surface area contributed by atoms with Crippen LogP contribution < -0.4 is 0 Å². The summed E-state index contributed by atoms with van der Waals surface area (Å²) in [4.78, 5) is 0. The Morgan fingerprint density at radius 3 is 2.33 bits per heavy atom. The molecule has 5 nitrogen and oxygen atoms in total. The van der Waals surface area contributed by atoms with E-state index in [1.165, 1.54) is 0 Å². The van der Waals surface area contributed by atoms with Gasteiger partial charge in [0.2, 0.25) is 0 Å². The van der Waals surface area contributed by atoms with Crippen LogP contribution >= 0.6 is 0 Å². The minimum atomic E-state index is -0.353. The van der Waals surface area contributed by atoms with Crippen molar-refractivity contribution in [1.82, 2.24) is 0 Å². The summed E-state index contributed by atoms with van der Waals surface area (Å²) in [5.41, 5.74) is 0. The quantitative estimate of drug-likeness (QED) is 0.696. The van der Waals surface area contributed by atoms with E-state index in [4.69, 9.17) is 23.7 Å². The highest BCUT2D eigenvalue weighted by Crippen LogP contribution is 2.37. The number of hydrogen-bond acceptors (Lipinski definition) is 5. The molecule has 6 atom stereocenters. The van der Waals surface area contributed by atoms with Crippen LogP contribution in [0.25, 0.3) is 0 Å². The van der Waals surface area contributed by atoms with Gasteiger partial charge in [-0.1, -0.05) is 12.2 Å². The SMILES string of the molecule is C/C=C/C1OCC2O[C@@H]3OC(/C=C/C)O[C@@H]3C2O1. The highest BCUT2D eigenvalue weighted by molar-refractivity contribution is 4.99. The number of fused-ring (bicyclic) bond motifs is 3. The van der Waals surface area contributed by atoms with Crippen LogP contribution in [0.5, 0.6) is 0 Å². The van der Waals surface area contributed by atoms with E-state index in [1.807, 2.05) is 38.2 Å². The molecule has 5 heteroatoms. The zero-order valence-electron chi connectivity index (χ0n) is 10.5. The third-order valence-corrected chi connectivity index (χ3v) is 3.24. The summed E-state index contributed by atoms with van der Waals surface area (Å²) in [5.74, 6) is 0. The molecule has 0 N–H and O–H groups in total. The van der Waals surface area contributed by atoms with Gasteiger partial charge in [-0.15, -0.1) is 0 Å². The zero-order chi connectivity index (χ0) is 12.5. The van der Waals surface area contributed by atoms with Gasteiger partial charge in [0.25, 0.3) is 0 Å². The third-order valence-electron chi connectivity index (χ3n) is 3.24. The lowest BCUT2D eigenvalue weighted by atomic mass is 10.1. The number of ether oxygens (including phenoxy) is 5. The largest absolute Gasteiger partial charge is 0.346 e. The van der Waals surface area contributed by atoms with Crippen LogP contribution in [0.2, 0.25) is 0 Å². The van der Waals surface area contributed by atoms with Crippen molar-refractivity contribution in [1.29, 1.82) is 0 Å². The smallest absolute Gasteiger partial charge is 0.190 e. The summed E-state index contributed by atoms with van der Waals surface area (Å²) >= 11 is 0. The van der Waals surface area contributed by atoms with Gasteiger partial charge < -0.3 is 23.7 Å². The molecule has 0 spiro atoms. The standard InChI is InChI=1S/C13H18O5/c1-3-5-9-14-7-8-11(16-9)12-13(15-8)18-10(17-12)6-4-2/h3-6,8-13H,7H2,1-2H3/b5-3+,6-4+/t8?,9?,10?,11?,12-,13-/m1/s1. The lowest BCUT2D eigenvalue weighted by Gasteiger charge is -2.31. The minimum absolute atomic E-state index is 0.104. The molecule has 3 rings (SSSR count). The monoisotopic (exact) mass is 254 g/mol. The Bertz CT molecular complexity index is 353. The molecule has 18 heavy (non-hydrogen) atoms. The molecule has 3 heterocycles. The van der Waals surface area contributed by atoms with E-state index in [2.05, 4.69) is 0 Å². The number of allylic oxidation sites excluding steroid dienone is 2. The lowest BCUT2D eigenvalue weighted by Crippen LogP contribution is -2.45. The molecule has 0 radical (unpaired) electrons. The first-order valence-electron chi connectivity index (χ1n) is 6.31. The normalized spacial score (nSPS) is 47.9. The summed E-state index contributed by atoms with van der Waals surface area (Å²) < 4.78 is 28.5. The molecular weight excluding hydrogens is 236 g/mol. The fourth-order valence-electron chi connectivity index (χ4n) is 2.45. The Hall–Kier alpha value is -0.720. The Labute approximate surface area is 106 Å². The predicted octanol–water partition coefficient (Wildman–Crippen LogP) is 1.35. The maximum Gasteiger partial charge on any atom is 0.190 e. The molecule has 0 amide bonds. The molecule has 4 unspecified atom stereocenters. The second kappa shape index (κ2) is 5.11. The van der Waals surface area contributed by atoms with Gasteiger partial charge in [0.05, 0.1) is 6.61 Å². The Balaban J connectivity index is 1.67. The molecule has 0 aromatic heterocycles. The van der Waals surface area contributed by atoms with E-state index in [1.54, 1.807) is 0 Å². The summed E-state index contributed by atoms with van der Waals surface area (Å²) in [5, 5.41) is 0. The topological polar surface area (TPSA) is 46.2 Å². The second-order valence-corrected chi connectivity index (χ2v) is 4.50. The van der Waals surface area contributed by atoms with Crippen LogP contribution in [0.1, 0.15) is 13.8 Å². The third kappa shape index (κ3) is 2.13. The molecule has 0 aromatic rings. The first-order valence-corrected chi connectivity index (χ1v) is 6.31. The van der Waals surface area contributed by atoms with E-state index < -0.39 is 0 Å². The summed E-state index contributed by atoms with van der Waals surface area (Å²) in [6, 6.07) is 0. The van der Waals surface area contributed by atoms with Gasteiger partial charge in [0.1, 0.15) is 18.3 Å². The lowest BCUT2D eigenvalue weighted by molar-refractivity contribution is -0.249. The minimum Gasteiger partial charge on any atom is -0.346 e. The summed E-state index contributed by atoms with van der Waals surface area (Å²) in [7, 11) is 0. The Morgan fingerprint density at radius 2 is 1.56 bits per heavy atom. The van der Waals surface area contributed by atoms with Crippen LogP contribution in [-0.2, 0) is 23.7 Å². The maximum atomic E-state index is 5.83. The van der Waals surface area contributed by atoms with Crippen LogP contribution in [-0.4, -0.2) is 43.8 Å². The molecule has 0 aromatic carbocycles. The average Bonchev–Trinajstić information content (AvgIpc) is 2.87. The van der Waals surface area contributed by atoms with Crippen LogP contribution in [0.15, 0.2) is 24.3 Å². The molecule has 0 saturated carbocycles. The van der Waals surface area contributed by atoms with Gasteiger partial charge in [-0.25, -0.2) is 0 Å². The van der Waals surface area contributed by atoms with E-state index in [9.17, 15) is 0 Å². The molecule has 3 fully saturated rings. The van der Waals surface area contributed by atoms with E-state index in [0.29, 0.717) is 6.61 Å². The van der Waals surface area contributed by atoms with Crippen molar-refractivity contribution < 1.29 is 23.7 Å². The molecular formula is C13H18O5. The van der Waals surface area contributed by atoms with Gasteiger partial charge in [0, 0.05) is 0 Å². The highest BCUT2D eigenvalue weighted by Gasteiger charge is 2.54. The van der Waals surface area contributed by atoms with Crippen molar-refractivity contribution in [3.8, 4) is 0 Å². The number of hydrogen-bond donors (Lipinski definition) is 0. The van der Waals surface area contributed by atoms with Crippen molar-refractivity contribution in [3.05, 3.63) is 24.3 Å². The fraction of sp³-hybridized carbons (Fsp3) is 0.692. The van der Waals surface area contributed by atoms with Crippen molar-refractivity contribution in [2.24, 2.45) is 0 Å². The van der Waals surface area contributed by atoms with Gasteiger partial charge in [-0.05, 0) is 26.0 Å². The molecule has 3 aliphatic rings. The molecule has 100 valence electrons. The second-order valence-electron chi connectivity index (χ2n) is 4.50. The summed E-state index contributed by atoms with van der Waals surface area (Å²) in [6.45, 7) is 4.37. The summed E-state index contributed by atoms with van der Waals surface area (Å²) in [6.07, 6.45) is 6.14. The van der Waals surface area contributed by atoms with Crippen molar-refractivity contribution in [3.63, 3.8) is 0 Å². The van der Waals surface area contributed by atoms with Gasteiger partial charge in [-0.3, -0.25) is 0 Å². The molecule has 0 bridgehead atoms. The Morgan fingerprint density at radius 1 is 0.833 bits per heavy atom. The first kappa shape index (κ1) is 12.3. The van der Waals surface area contributed by atoms with Crippen LogP contribution in [0.4, 0.5) is 0 Å². The van der Waals surface area contributed by atoms with E-state index in [-0.39, 0.29) is 37.2 Å². The average molecular weight is 254 g/mol. The molecule has 3 aliphatic heterocycles. The first-order chi connectivity index (χ1) is 8.81. The molecule has 0 aliphatic carbocycles. The Kier molecular flexibility index (Phi) is 3.50. The van der Waals surface area contributed by atoms with Crippen molar-refractivity contribution in [2.45, 2.75) is 51.0 Å². The molecule has 3 saturated heterocycles. The fourth-order valence-corrected chi connectivity index (χ4v) is 2.45. The van der Waals surface area contributed by atoms with E-state index >= 15 is 0 Å². The highest BCUT2D eigenvalue weighted by atomic mass is 16.8. The van der Waals surface area contributed by atoms with Gasteiger partial charge >= 0.3 is 0 Å². The van der Waals surface area contributed by atoms with Gasteiger partial charge in [-0.2, -0.15) is 0 Å². The predicted molar refractivity (Wildman–Crippen MR) is 62.6 cm³/mol. The maximum absolute atomic E-state index is 5.83. The van der Waals surface area contributed by atoms with Gasteiger partial charge in [0.15, 0.2) is 18.9 Å². The number of rotatable bonds is 2. The van der Waals surface area contributed by atoms with Crippen molar-refractivity contribution >= 4 is 0 Å². The zero-order valence-corrected chi connectivity index (χ0v) is 10.5. The van der Waals surface area contributed by atoms with E-state index in [0.717, 1.165) is 0 Å². The van der Waals surface area contributed by atoms with Crippen LogP contribution in [0, 0.1) is 0 Å². The van der Waals surface area contributed by atoms with Crippen molar-refractivity contribution in [2.75, 3.05) is 6.61 Å². The van der Waals surface area contributed by atoms with Crippen LogP contribution in [0.3, 0.4) is 0 Å².